The topological polar surface area (TPSA) is 101 Å². The van der Waals surface area contributed by atoms with Crippen molar-refractivity contribution in [3.63, 3.8) is 0 Å². The molecule has 166 valence electrons. The van der Waals surface area contributed by atoms with Gasteiger partial charge in [-0.3, -0.25) is 9.36 Å². The molecule has 0 saturated carbocycles. The van der Waals surface area contributed by atoms with Crippen molar-refractivity contribution in [3.05, 3.63) is 81.1 Å². The van der Waals surface area contributed by atoms with E-state index < -0.39 is 17.4 Å². The van der Waals surface area contributed by atoms with Crippen molar-refractivity contribution in [2.75, 3.05) is 5.32 Å². The number of benzene rings is 2. The van der Waals surface area contributed by atoms with E-state index in [4.69, 9.17) is 23.2 Å². The van der Waals surface area contributed by atoms with Crippen LogP contribution in [-0.4, -0.2) is 29.5 Å². The van der Waals surface area contributed by atoms with E-state index in [1.807, 2.05) is 6.92 Å². The van der Waals surface area contributed by atoms with Gasteiger partial charge in [0.15, 0.2) is 11.5 Å². The van der Waals surface area contributed by atoms with Gasteiger partial charge in [0.1, 0.15) is 28.9 Å². The average Bonchev–Trinajstić information content (AvgIpc) is 3.29. The van der Waals surface area contributed by atoms with E-state index in [1.165, 1.54) is 29.4 Å². The number of rotatable bonds is 5. The summed E-state index contributed by atoms with van der Waals surface area (Å²) < 4.78 is 16.0. The first-order valence-corrected chi connectivity index (χ1v) is 10.8. The minimum absolute atomic E-state index is 0.112. The molecule has 0 radical (unpaired) electrons. The van der Waals surface area contributed by atoms with Crippen molar-refractivity contribution in [2.24, 2.45) is 0 Å². The summed E-state index contributed by atoms with van der Waals surface area (Å²) in [5.74, 6) is 0.184. The Kier molecular flexibility index (Phi) is 5.43. The second-order valence-corrected chi connectivity index (χ2v) is 8.08. The second kappa shape index (κ2) is 8.42. The van der Waals surface area contributed by atoms with E-state index in [0.717, 1.165) is 0 Å². The zero-order chi connectivity index (χ0) is 23.1. The number of aromatic amines is 1. The Morgan fingerprint density at radius 3 is 2.79 bits per heavy atom. The highest BCUT2D eigenvalue weighted by atomic mass is 35.5. The maximum absolute atomic E-state index is 14.6. The first-order chi connectivity index (χ1) is 16.0. The molecule has 0 aliphatic heterocycles. The van der Waals surface area contributed by atoms with Crippen LogP contribution in [0.2, 0.25) is 10.0 Å². The highest BCUT2D eigenvalue weighted by Crippen LogP contribution is 2.29. The molecule has 0 aliphatic rings. The molecule has 5 rings (SSSR count). The Labute approximate surface area is 196 Å². The zero-order valence-electron chi connectivity index (χ0n) is 17.2. The molecule has 8 nitrogen and oxygen atoms in total. The van der Waals surface area contributed by atoms with Crippen LogP contribution in [-0.2, 0) is 0 Å². The number of fused-ring (bicyclic) bond motifs is 2. The van der Waals surface area contributed by atoms with Crippen LogP contribution in [0.25, 0.3) is 27.8 Å². The van der Waals surface area contributed by atoms with E-state index in [0.29, 0.717) is 39.9 Å². The van der Waals surface area contributed by atoms with Crippen molar-refractivity contribution >= 4 is 51.1 Å². The summed E-state index contributed by atoms with van der Waals surface area (Å²) >= 11 is 12.3. The monoisotopic (exact) mass is 483 g/mol. The van der Waals surface area contributed by atoms with Crippen LogP contribution in [0.15, 0.2) is 53.8 Å². The smallest absolute Gasteiger partial charge is 0.269 e. The van der Waals surface area contributed by atoms with Gasteiger partial charge in [0.25, 0.3) is 5.56 Å². The normalized spacial score (nSPS) is 12.4. The number of hydrogen-bond donors (Lipinski definition) is 2. The zero-order valence-corrected chi connectivity index (χ0v) is 18.7. The summed E-state index contributed by atoms with van der Waals surface area (Å²) in [7, 11) is 0. The molecule has 0 bridgehead atoms. The summed E-state index contributed by atoms with van der Waals surface area (Å²) in [6, 6.07) is 8.63. The average molecular weight is 484 g/mol. The molecule has 2 aromatic carbocycles. The third-order valence-electron chi connectivity index (χ3n) is 5.28. The Hall–Kier alpha value is -3.56. The number of H-pyrrole nitrogens is 1. The number of anilines is 1. The number of imidazole rings is 1. The summed E-state index contributed by atoms with van der Waals surface area (Å²) in [5, 5.41) is 3.79. The molecule has 11 heteroatoms. The Morgan fingerprint density at radius 2 is 2.00 bits per heavy atom. The van der Waals surface area contributed by atoms with Crippen LogP contribution in [0.4, 0.5) is 10.2 Å². The second-order valence-electron chi connectivity index (χ2n) is 7.27. The van der Waals surface area contributed by atoms with E-state index in [9.17, 15) is 9.18 Å². The maximum Gasteiger partial charge on any atom is 0.269 e. The third kappa shape index (κ3) is 3.69. The molecule has 1 unspecified atom stereocenters. The van der Waals surface area contributed by atoms with Crippen molar-refractivity contribution in [1.82, 2.24) is 29.5 Å². The minimum atomic E-state index is -0.652. The minimum Gasteiger partial charge on any atom is -0.358 e. The largest absolute Gasteiger partial charge is 0.358 e. The van der Waals surface area contributed by atoms with E-state index in [2.05, 4.69) is 30.2 Å². The highest BCUT2D eigenvalue weighted by molar-refractivity contribution is 6.42. The molecule has 0 amide bonds. The van der Waals surface area contributed by atoms with Gasteiger partial charge in [-0.1, -0.05) is 36.2 Å². The lowest BCUT2D eigenvalue weighted by atomic mass is 10.1. The highest BCUT2D eigenvalue weighted by Gasteiger charge is 2.23. The van der Waals surface area contributed by atoms with Gasteiger partial charge in [0, 0.05) is 0 Å². The summed E-state index contributed by atoms with van der Waals surface area (Å²) in [4.78, 5) is 33.9. The lowest BCUT2D eigenvalue weighted by molar-refractivity contribution is 0.630. The van der Waals surface area contributed by atoms with Crippen LogP contribution in [0.1, 0.15) is 25.2 Å². The van der Waals surface area contributed by atoms with E-state index in [-0.39, 0.29) is 15.9 Å². The van der Waals surface area contributed by atoms with Crippen LogP contribution < -0.4 is 10.9 Å². The van der Waals surface area contributed by atoms with Gasteiger partial charge in [-0.15, -0.1) is 0 Å². The lowest BCUT2D eigenvalue weighted by Gasteiger charge is -2.22. The lowest BCUT2D eigenvalue weighted by Crippen LogP contribution is -2.29. The Morgan fingerprint density at radius 1 is 1.15 bits per heavy atom. The third-order valence-corrected chi connectivity index (χ3v) is 6.02. The Balaban J connectivity index is 1.75. The first-order valence-electron chi connectivity index (χ1n) is 10.0. The summed E-state index contributed by atoms with van der Waals surface area (Å²) in [6.45, 7) is 1.93. The molecule has 3 heterocycles. The van der Waals surface area contributed by atoms with Gasteiger partial charge in [-0.05, 0) is 36.8 Å². The molecule has 0 saturated heterocycles. The number of halogens is 3. The predicted octanol–water partition coefficient (Wildman–Crippen LogP) is 5.06. The number of aromatic nitrogens is 6. The van der Waals surface area contributed by atoms with Gasteiger partial charge in [-0.2, -0.15) is 0 Å². The fraction of sp³-hybridized carbons (Fsp3) is 0.136. The van der Waals surface area contributed by atoms with E-state index in [1.54, 1.807) is 24.3 Å². The van der Waals surface area contributed by atoms with Crippen LogP contribution in [0.5, 0.6) is 0 Å². The molecule has 0 spiro atoms. The number of nitrogens with zero attached hydrogens (tertiary/aromatic N) is 5. The van der Waals surface area contributed by atoms with Crippen LogP contribution in [0, 0.1) is 5.82 Å². The van der Waals surface area contributed by atoms with Gasteiger partial charge in [0.05, 0.1) is 33.6 Å². The van der Waals surface area contributed by atoms with Gasteiger partial charge in [-0.25, -0.2) is 24.3 Å². The predicted molar refractivity (Wildman–Crippen MR) is 126 cm³/mol. The maximum atomic E-state index is 14.6. The first kappa shape index (κ1) is 21.3. The van der Waals surface area contributed by atoms with Crippen LogP contribution in [0.3, 0.4) is 0 Å². The molecule has 0 aliphatic carbocycles. The van der Waals surface area contributed by atoms with Crippen molar-refractivity contribution in [3.8, 4) is 5.69 Å². The van der Waals surface area contributed by atoms with Crippen molar-refractivity contribution in [2.45, 2.75) is 19.4 Å². The van der Waals surface area contributed by atoms with Gasteiger partial charge in [0.2, 0.25) is 0 Å². The molecular formula is C22H16Cl2FN7O. The molecule has 33 heavy (non-hydrogen) atoms. The van der Waals surface area contributed by atoms with Crippen molar-refractivity contribution in [1.29, 1.82) is 0 Å². The molecule has 2 N–H and O–H groups in total. The van der Waals surface area contributed by atoms with Crippen LogP contribution >= 0.6 is 23.2 Å². The molecule has 0 fully saturated rings. The molecule has 3 aromatic heterocycles. The van der Waals surface area contributed by atoms with Gasteiger partial charge < -0.3 is 10.3 Å². The molecule has 5 aromatic rings. The summed E-state index contributed by atoms with van der Waals surface area (Å²) in [6.07, 6.45) is 3.46. The standard InChI is InChI=1S/C22H16Cl2FN7O/c1-2-15(30-20-18-19(27-9-26-18)28-10-29-20)21-31-16-5-3-4-14(25)17(16)22(33)32(21)11-6-7-12(23)13(24)8-11/h3-10,15H,2H2,1H3,(H2,26,27,28,29,30). The van der Waals surface area contributed by atoms with Gasteiger partial charge >= 0.3 is 0 Å². The quantitative estimate of drug-likeness (QED) is 0.362. The van der Waals surface area contributed by atoms with E-state index >= 15 is 0 Å². The fourth-order valence-electron chi connectivity index (χ4n) is 3.70. The Bertz CT molecular complexity index is 1570. The van der Waals surface area contributed by atoms with Crippen molar-refractivity contribution < 1.29 is 4.39 Å². The SMILES string of the molecule is CCC(Nc1ncnc2[nH]cnc12)c1nc2cccc(F)c2c(=O)n1-c1ccc(Cl)c(Cl)c1. The molecular weight excluding hydrogens is 468 g/mol. The fourth-order valence-corrected chi connectivity index (χ4v) is 3.99. The number of nitrogens with one attached hydrogen (secondary N) is 2. The number of hydrogen-bond acceptors (Lipinski definition) is 6. The summed E-state index contributed by atoms with van der Waals surface area (Å²) in [5.41, 5.74) is 1.22. The molecule has 1 atom stereocenters.